The summed E-state index contributed by atoms with van der Waals surface area (Å²) in [5, 5.41) is 3.68. The summed E-state index contributed by atoms with van der Waals surface area (Å²) in [7, 11) is 2.00. The van der Waals surface area contributed by atoms with Crippen molar-refractivity contribution in [2.45, 2.75) is 19.1 Å². The van der Waals surface area contributed by atoms with Crippen molar-refractivity contribution in [2.75, 3.05) is 26.7 Å². The molecule has 0 spiro atoms. The van der Waals surface area contributed by atoms with E-state index in [0.29, 0.717) is 22.2 Å². The number of carbonyl (C=O) groups excluding carboxylic acids is 1. The van der Waals surface area contributed by atoms with Crippen LogP contribution in [-0.2, 0) is 4.74 Å². The molecule has 110 valence electrons. The molecule has 0 aromatic heterocycles. The maximum Gasteiger partial charge on any atom is 0.254 e. The van der Waals surface area contributed by atoms with Gasteiger partial charge in [0, 0.05) is 19.7 Å². The first-order valence-electron chi connectivity index (χ1n) is 6.58. The largest absolute Gasteiger partial charge is 0.375 e. The van der Waals surface area contributed by atoms with Crippen molar-refractivity contribution in [3.05, 3.63) is 33.8 Å². The summed E-state index contributed by atoms with van der Waals surface area (Å²) in [4.78, 5) is 14.5. The summed E-state index contributed by atoms with van der Waals surface area (Å²) >= 11 is 12.1. The number of hydrogen-bond acceptors (Lipinski definition) is 3. The van der Waals surface area contributed by atoms with E-state index in [-0.39, 0.29) is 18.1 Å². The third-order valence-corrected chi connectivity index (χ3v) is 3.97. The third-order valence-electron chi connectivity index (χ3n) is 3.34. The van der Waals surface area contributed by atoms with Crippen LogP contribution in [0, 0.1) is 0 Å². The standard InChI is InChI=1S/C14H18Cl2N2O2/c1-3-20-12-8-18(2)7-11(12)17-14(19)13-9(15)5-4-6-10(13)16/h4-6,11-12H,3,7-8H2,1-2H3,(H,17,19)/t11-,12-/m0/s1. The molecule has 1 amide bonds. The van der Waals surface area contributed by atoms with Gasteiger partial charge in [-0.3, -0.25) is 4.79 Å². The number of nitrogens with zero attached hydrogens (tertiary/aromatic N) is 1. The Balaban J connectivity index is 2.11. The van der Waals surface area contributed by atoms with Crippen LogP contribution in [0.3, 0.4) is 0 Å². The van der Waals surface area contributed by atoms with E-state index >= 15 is 0 Å². The van der Waals surface area contributed by atoms with Crippen molar-refractivity contribution in [1.29, 1.82) is 0 Å². The van der Waals surface area contributed by atoms with E-state index in [1.807, 2.05) is 14.0 Å². The predicted molar refractivity (Wildman–Crippen MR) is 80.6 cm³/mol. The Morgan fingerprint density at radius 3 is 2.65 bits per heavy atom. The summed E-state index contributed by atoms with van der Waals surface area (Å²) in [6, 6.07) is 4.97. The van der Waals surface area contributed by atoms with E-state index in [4.69, 9.17) is 27.9 Å². The second-order valence-corrected chi connectivity index (χ2v) is 5.71. The van der Waals surface area contributed by atoms with Crippen molar-refractivity contribution >= 4 is 29.1 Å². The summed E-state index contributed by atoms with van der Waals surface area (Å²) in [6.07, 6.45) is -0.00443. The molecule has 1 aliphatic rings. The van der Waals surface area contributed by atoms with E-state index in [1.54, 1.807) is 18.2 Å². The molecule has 1 aromatic rings. The molecule has 0 saturated carbocycles. The molecule has 0 bridgehead atoms. The van der Waals surface area contributed by atoms with Crippen LogP contribution in [0.1, 0.15) is 17.3 Å². The van der Waals surface area contributed by atoms with Crippen molar-refractivity contribution in [3.63, 3.8) is 0 Å². The quantitative estimate of drug-likeness (QED) is 0.927. The van der Waals surface area contributed by atoms with Gasteiger partial charge >= 0.3 is 0 Å². The maximum atomic E-state index is 12.3. The van der Waals surface area contributed by atoms with Gasteiger partial charge in [-0.2, -0.15) is 0 Å². The molecule has 1 fully saturated rings. The number of amides is 1. The average Bonchev–Trinajstić information content (AvgIpc) is 2.69. The zero-order valence-electron chi connectivity index (χ0n) is 11.5. The molecule has 0 radical (unpaired) electrons. The van der Waals surface area contributed by atoms with Crippen LogP contribution in [0.15, 0.2) is 18.2 Å². The molecular weight excluding hydrogens is 299 g/mol. The van der Waals surface area contributed by atoms with Gasteiger partial charge < -0.3 is 15.0 Å². The van der Waals surface area contributed by atoms with E-state index in [2.05, 4.69) is 10.2 Å². The van der Waals surface area contributed by atoms with Crippen molar-refractivity contribution < 1.29 is 9.53 Å². The minimum atomic E-state index is -0.259. The average molecular weight is 317 g/mol. The monoisotopic (exact) mass is 316 g/mol. The number of hydrogen-bond donors (Lipinski definition) is 1. The van der Waals surface area contributed by atoms with Crippen molar-refractivity contribution in [1.82, 2.24) is 10.2 Å². The van der Waals surface area contributed by atoms with E-state index in [9.17, 15) is 4.79 Å². The van der Waals surface area contributed by atoms with Crippen LogP contribution in [0.4, 0.5) is 0 Å². The second-order valence-electron chi connectivity index (χ2n) is 4.89. The van der Waals surface area contributed by atoms with Gasteiger partial charge in [-0.05, 0) is 26.1 Å². The SMILES string of the molecule is CCO[C@H]1CN(C)C[C@@H]1NC(=O)c1c(Cl)cccc1Cl. The Morgan fingerprint density at radius 1 is 1.40 bits per heavy atom. The van der Waals surface area contributed by atoms with Gasteiger partial charge in [-0.25, -0.2) is 0 Å². The Kier molecular flexibility index (Phi) is 5.27. The van der Waals surface area contributed by atoms with Crippen molar-refractivity contribution in [2.24, 2.45) is 0 Å². The Hall–Kier alpha value is -0.810. The smallest absolute Gasteiger partial charge is 0.254 e. The Bertz CT molecular complexity index is 476. The highest BCUT2D eigenvalue weighted by Crippen LogP contribution is 2.24. The normalized spacial score (nSPS) is 23.0. The summed E-state index contributed by atoms with van der Waals surface area (Å²) in [6.45, 7) is 4.12. The molecule has 1 heterocycles. The molecule has 6 heteroatoms. The summed E-state index contributed by atoms with van der Waals surface area (Å²) in [5.74, 6) is -0.259. The highest BCUT2D eigenvalue weighted by atomic mass is 35.5. The molecule has 1 aromatic carbocycles. The molecular formula is C14H18Cl2N2O2. The molecule has 1 aliphatic heterocycles. The lowest BCUT2D eigenvalue weighted by Crippen LogP contribution is -2.44. The van der Waals surface area contributed by atoms with Gasteiger partial charge in [0.1, 0.15) is 0 Å². The summed E-state index contributed by atoms with van der Waals surface area (Å²) in [5.41, 5.74) is 0.320. The van der Waals surface area contributed by atoms with Crippen LogP contribution in [0.25, 0.3) is 0 Å². The predicted octanol–water partition coefficient (Wildman–Crippen LogP) is 2.44. The van der Waals surface area contributed by atoms with Gasteiger partial charge in [0.25, 0.3) is 5.91 Å². The number of carbonyl (C=O) groups is 1. The fourth-order valence-electron chi connectivity index (χ4n) is 2.44. The highest BCUT2D eigenvalue weighted by Gasteiger charge is 2.33. The van der Waals surface area contributed by atoms with Gasteiger partial charge in [0.05, 0.1) is 27.8 Å². The first-order chi connectivity index (χ1) is 9.52. The Labute approximate surface area is 129 Å². The molecule has 1 saturated heterocycles. The minimum absolute atomic E-state index is 0.00443. The second kappa shape index (κ2) is 6.76. The molecule has 2 atom stereocenters. The number of benzene rings is 1. The molecule has 0 aliphatic carbocycles. The lowest BCUT2D eigenvalue weighted by molar-refractivity contribution is 0.0513. The van der Waals surface area contributed by atoms with E-state index < -0.39 is 0 Å². The third kappa shape index (κ3) is 3.44. The topological polar surface area (TPSA) is 41.6 Å². The number of likely N-dealkylation sites (N-methyl/N-ethyl adjacent to an activating group) is 1. The number of ether oxygens (including phenoxy) is 1. The minimum Gasteiger partial charge on any atom is -0.375 e. The molecule has 1 N–H and O–H groups in total. The number of nitrogens with one attached hydrogen (secondary N) is 1. The lowest BCUT2D eigenvalue weighted by atomic mass is 10.1. The van der Waals surface area contributed by atoms with Crippen LogP contribution in [-0.4, -0.2) is 49.7 Å². The lowest BCUT2D eigenvalue weighted by Gasteiger charge is -2.20. The highest BCUT2D eigenvalue weighted by molar-refractivity contribution is 6.39. The van der Waals surface area contributed by atoms with E-state index in [1.165, 1.54) is 0 Å². The van der Waals surface area contributed by atoms with Gasteiger partial charge in [-0.15, -0.1) is 0 Å². The fraction of sp³-hybridized carbons (Fsp3) is 0.500. The van der Waals surface area contributed by atoms with Gasteiger partial charge in [0.15, 0.2) is 0 Å². The molecule has 20 heavy (non-hydrogen) atoms. The van der Waals surface area contributed by atoms with Gasteiger partial charge in [-0.1, -0.05) is 29.3 Å². The molecule has 4 nitrogen and oxygen atoms in total. The number of halogens is 2. The van der Waals surface area contributed by atoms with Gasteiger partial charge in [0.2, 0.25) is 0 Å². The van der Waals surface area contributed by atoms with Crippen molar-refractivity contribution in [3.8, 4) is 0 Å². The van der Waals surface area contributed by atoms with Crippen LogP contribution in [0.5, 0.6) is 0 Å². The summed E-state index contributed by atoms with van der Waals surface area (Å²) < 4.78 is 5.66. The Morgan fingerprint density at radius 2 is 2.05 bits per heavy atom. The maximum absolute atomic E-state index is 12.3. The van der Waals surface area contributed by atoms with Crippen LogP contribution >= 0.6 is 23.2 Å². The molecule has 2 rings (SSSR count). The zero-order chi connectivity index (χ0) is 14.7. The van der Waals surface area contributed by atoms with Crippen LogP contribution < -0.4 is 5.32 Å². The fourth-order valence-corrected chi connectivity index (χ4v) is 3.01. The first-order valence-corrected chi connectivity index (χ1v) is 7.33. The van der Waals surface area contributed by atoms with Crippen LogP contribution in [0.2, 0.25) is 10.0 Å². The number of rotatable bonds is 4. The zero-order valence-corrected chi connectivity index (χ0v) is 13.0. The first kappa shape index (κ1) is 15.6. The molecule has 0 unspecified atom stereocenters. The van der Waals surface area contributed by atoms with E-state index in [0.717, 1.165) is 13.1 Å². The number of likely N-dealkylation sites (tertiary alicyclic amines) is 1.